The molecule has 5 N–H and O–H groups in total. The number of ether oxygens (including phenoxy) is 3. The summed E-state index contributed by atoms with van der Waals surface area (Å²) in [6, 6.07) is -1.03. The van der Waals surface area contributed by atoms with Crippen molar-refractivity contribution in [2.75, 3.05) is 46.0 Å². The molecule has 40 heavy (non-hydrogen) atoms. The summed E-state index contributed by atoms with van der Waals surface area (Å²) >= 11 is 1.50. The summed E-state index contributed by atoms with van der Waals surface area (Å²) < 4.78 is 18.0. The number of nitrogens with zero attached hydrogens (tertiary/aromatic N) is 1. The van der Waals surface area contributed by atoms with E-state index >= 15 is 0 Å². The second-order valence-corrected chi connectivity index (χ2v) is 14.1. The first-order valence-electron chi connectivity index (χ1n) is 15.3. The molecule has 11 atom stereocenters. The predicted octanol–water partition coefficient (Wildman–Crippen LogP) is 0.492. The van der Waals surface area contributed by atoms with Gasteiger partial charge in [0.25, 0.3) is 0 Å². The first-order valence-corrected chi connectivity index (χ1v) is 16.2. The van der Waals surface area contributed by atoms with Crippen LogP contribution in [0, 0.1) is 17.8 Å². The van der Waals surface area contributed by atoms with Gasteiger partial charge in [-0.3, -0.25) is 9.69 Å². The van der Waals surface area contributed by atoms with Crippen LogP contribution in [0.2, 0.25) is 0 Å². The molecule has 0 aromatic heterocycles. The van der Waals surface area contributed by atoms with Crippen LogP contribution in [0.3, 0.4) is 0 Å². The number of thioether (sulfide) groups is 1. The number of amides is 1. The fourth-order valence-corrected chi connectivity index (χ4v) is 8.48. The van der Waals surface area contributed by atoms with Gasteiger partial charge in [0.05, 0.1) is 25.4 Å². The van der Waals surface area contributed by atoms with Crippen molar-refractivity contribution < 1.29 is 34.3 Å². The predicted molar refractivity (Wildman–Crippen MR) is 153 cm³/mol. The Balaban J connectivity index is 1.26. The van der Waals surface area contributed by atoms with Crippen LogP contribution in [0.5, 0.6) is 0 Å². The van der Waals surface area contributed by atoms with E-state index in [1.165, 1.54) is 18.2 Å². The molecule has 4 fully saturated rings. The van der Waals surface area contributed by atoms with E-state index in [1.54, 1.807) is 0 Å². The number of morpholine rings is 1. The Morgan fingerprint density at radius 1 is 1.07 bits per heavy atom. The molecule has 5 rings (SSSR count). The fraction of sp³-hybridized carbons (Fsp3) is 0.897. The maximum absolute atomic E-state index is 13.6. The standard InChI is InChI=1S/C29H49N3O7S/c1-17(2)13-18-7-10-38-26-19(14-18)15-30-22(26)28(36)31-21-6-4-3-5-20(16-32-8-11-37-12-9-32)40-29-25(35)23(33)24(34)27(21)39-29/h3-4,17-27,29-30,33-35H,5-16H2,1-2H3,(H,31,36)/t18-,19-,20+,21+,22-,23-,24+,25+,26+,27+,29+/m0/s1. The number of aliphatic hydroxyl groups is 3. The van der Waals surface area contributed by atoms with E-state index in [0.717, 1.165) is 45.4 Å². The van der Waals surface area contributed by atoms with Crippen LogP contribution in [-0.2, 0) is 19.0 Å². The molecule has 5 aliphatic heterocycles. The Labute approximate surface area is 242 Å². The van der Waals surface area contributed by atoms with E-state index in [9.17, 15) is 20.1 Å². The summed E-state index contributed by atoms with van der Waals surface area (Å²) in [4.78, 5) is 16.0. The Morgan fingerprint density at radius 2 is 1.85 bits per heavy atom. The molecule has 0 aromatic rings. The quantitative estimate of drug-likeness (QED) is 0.282. The van der Waals surface area contributed by atoms with Gasteiger partial charge in [0.1, 0.15) is 35.9 Å². The molecular weight excluding hydrogens is 534 g/mol. The van der Waals surface area contributed by atoms with Crippen LogP contribution in [0.25, 0.3) is 0 Å². The van der Waals surface area contributed by atoms with Crippen molar-refractivity contribution >= 4 is 17.7 Å². The molecule has 228 valence electrons. The van der Waals surface area contributed by atoms with Gasteiger partial charge in [0.2, 0.25) is 5.91 Å². The van der Waals surface area contributed by atoms with E-state index in [-0.39, 0.29) is 17.3 Å². The van der Waals surface area contributed by atoms with E-state index < -0.39 is 41.9 Å². The van der Waals surface area contributed by atoms with Gasteiger partial charge in [-0.25, -0.2) is 0 Å². The topological polar surface area (TPSA) is 133 Å². The van der Waals surface area contributed by atoms with Gasteiger partial charge >= 0.3 is 0 Å². The van der Waals surface area contributed by atoms with E-state index in [0.29, 0.717) is 44.0 Å². The van der Waals surface area contributed by atoms with Crippen molar-refractivity contribution in [3.05, 3.63) is 12.2 Å². The van der Waals surface area contributed by atoms with Gasteiger partial charge in [-0.05, 0) is 49.9 Å². The van der Waals surface area contributed by atoms with Gasteiger partial charge in [0, 0.05) is 38.0 Å². The van der Waals surface area contributed by atoms with Crippen LogP contribution >= 0.6 is 11.8 Å². The van der Waals surface area contributed by atoms with Crippen molar-refractivity contribution in [2.45, 2.75) is 99.2 Å². The molecule has 10 nitrogen and oxygen atoms in total. The molecule has 0 radical (unpaired) electrons. The molecule has 5 heterocycles. The fourth-order valence-electron chi connectivity index (χ4n) is 7.06. The van der Waals surface area contributed by atoms with E-state index in [2.05, 4.69) is 35.5 Å². The van der Waals surface area contributed by atoms with E-state index in [1.807, 2.05) is 6.08 Å². The number of carbonyl (C=O) groups excluding carboxylic acids is 1. The van der Waals surface area contributed by atoms with E-state index in [4.69, 9.17) is 14.2 Å². The molecule has 1 amide bonds. The van der Waals surface area contributed by atoms with Crippen molar-refractivity contribution in [3.63, 3.8) is 0 Å². The average molecular weight is 584 g/mol. The lowest BCUT2D eigenvalue weighted by molar-refractivity contribution is -0.205. The number of fused-ring (bicyclic) bond motifs is 3. The number of carbonyl (C=O) groups is 1. The molecule has 0 aliphatic carbocycles. The summed E-state index contributed by atoms with van der Waals surface area (Å²) in [5, 5.41) is 39.2. The van der Waals surface area contributed by atoms with Gasteiger partial charge in [-0.2, -0.15) is 0 Å². The third-order valence-corrected chi connectivity index (χ3v) is 10.5. The van der Waals surface area contributed by atoms with Crippen molar-refractivity contribution in [1.82, 2.24) is 15.5 Å². The first kappa shape index (κ1) is 30.7. The minimum atomic E-state index is -1.36. The van der Waals surface area contributed by atoms with Crippen molar-refractivity contribution in [2.24, 2.45) is 17.8 Å². The Bertz CT molecular complexity index is 859. The largest absolute Gasteiger partial charge is 0.388 e. The summed E-state index contributed by atoms with van der Waals surface area (Å²) in [6.45, 7) is 9.90. The van der Waals surface area contributed by atoms with Crippen LogP contribution < -0.4 is 10.6 Å². The van der Waals surface area contributed by atoms with Crippen LogP contribution in [-0.4, -0.2) is 125 Å². The second kappa shape index (κ2) is 14.1. The summed E-state index contributed by atoms with van der Waals surface area (Å²) in [7, 11) is 0. The average Bonchev–Trinajstić information content (AvgIpc) is 3.22. The second-order valence-electron chi connectivity index (χ2n) is 12.7. The molecule has 0 saturated carbocycles. The number of aliphatic hydroxyl groups excluding tert-OH is 3. The van der Waals surface area contributed by atoms with Crippen LogP contribution in [0.15, 0.2) is 12.2 Å². The molecule has 5 aliphatic rings. The van der Waals surface area contributed by atoms with Gasteiger partial charge in [0.15, 0.2) is 0 Å². The lowest BCUT2D eigenvalue weighted by Gasteiger charge is -2.45. The summed E-state index contributed by atoms with van der Waals surface area (Å²) in [6.07, 6.45) is 3.72. The number of allylic oxidation sites excluding steroid dienone is 1. The summed E-state index contributed by atoms with van der Waals surface area (Å²) in [5.41, 5.74) is -0.711. The highest BCUT2D eigenvalue weighted by Crippen LogP contribution is 2.36. The molecular formula is C29H49N3O7S. The molecule has 0 spiro atoms. The molecule has 2 bridgehead atoms. The minimum absolute atomic E-state index is 0.148. The normalized spacial score (nSPS) is 43.2. The lowest BCUT2D eigenvalue weighted by Crippen LogP contribution is -2.64. The maximum atomic E-state index is 13.6. The summed E-state index contributed by atoms with van der Waals surface area (Å²) in [5.74, 6) is 1.38. The molecule has 0 aromatic carbocycles. The van der Waals surface area contributed by atoms with Gasteiger partial charge < -0.3 is 40.2 Å². The molecule has 4 saturated heterocycles. The number of hydrogen-bond donors (Lipinski definition) is 5. The van der Waals surface area contributed by atoms with Crippen LogP contribution in [0.4, 0.5) is 0 Å². The highest BCUT2D eigenvalue weighted by Gasteiger charge is 2.49. The highest BCUT2D eigenvalue weighted by molar-refractivity contribution is 8.00. The zero-order valence-electron chi connectivity index (χ0n) is 23.9. The van der Waals surface area contributed by atoms with Gasteiger partial charge in [-0.1, -0.05) is 26.0 Å². The number of rotatable bonds is 6. The zero-order chi connectivity index (χ0) is 28.2. The Morgan fingerprint density at radius 3 is 2.62 bits per heavy atom. The highest BCUT2D eigenvalue weighted by atomic mass is 32.2. The monoisotopic (exact) mass is 583 g/mol. The maximum Gasteiger partial charge on any atom is 0.240 e. The van der Waals surface area contributed by atoms with Crippen LogP contribution in [0.1, 0.15) is 46.0 Å². The molecule has 11 heteroatoms. The smallest absolute Gasteiger partial charge is 0.240 e. The van der Waals surface area contributed by atoms with Crippen molar-refractivity contribution in [1.29, 1.82) is 0 Å². The lowest BCUT2D eigenvalue weighted by atomic mass is 9.85. The zero-order valence-corrected chi connectivity index (χ0v) is 24.7. The SMILES string of the molecule is CC(C)C[C@@H]1CCO[C@@H]2[C@H](CN[C@@H]2C(=O)N[C@@H]2CC=CC[C@H](CN3CCOCC3)S[C@H]3O[C@H]2[C@H](O)[C@H](O)[C@H]3O)C1. The third kappa shape index (κ3) is 7.41. The van der Waals surface area contributed by atoms with Crippen molar-refractivity contribution in [3.8, 4) is 0 Å². The number of hydrogen-bond acceptors (Lipinski definition) is 10. The Kier molecular flexibility index (Phi) is 10.8. The first-order chi connectivity index (χ1) is 19.3. The number of nitrogens with one attached hydrogen (secondary N) is 2. The third-order valence-electron chi connectivity index (χ3n) is 9.13. The minimum Gasteiger partial charge on any atom is -0.388 e. The molecule has 0 unspecified atom stereocenters. The Hall–Kier alpha value is -0.760. The van der Waals surface area contributed by atoms with Gasteiger partial charge in [-0.15, -0.1) is 11.8 Å².